The van der Waals surface area contributed by atoms with E-state index < -0.39 is 67.4 Å². The predicted octanol–water partition coefficient (Wildman–Crippen LogP) is 17.0. The van der Waals surface area contributed by atoms with Crippen LogP contribution < -0.4 is 5.32 Å². The first kappa shape index (κ1) is 78.1. The number of hydrogen-bond acceptors (Lipinski definition) is 10. The van der Waals surface area contributed by atoms with E-state index in [1.807, 2.05) is 6.08 Å². The van der Waals surface area contributed by atoms with E-state index in [-0.39, 0.29) is 19.4 Å². The lowest BCUT2D eigenvalue weighted by Crippen LogP contribution is -2.61. The number of aliphatic hydroxyl groups excluding tert-OH is 5. The van der Waals surface area contributed by atoms with Crippen molar-refractivity contribution >= 4 is 11.9 Å². The summed E-state index contributed by atoms with van der Waals surface area (Å²) in [5, 5.41) is 57.1. The molecule has 8 unspecified atom stereocenters. The van der Waals surface area contributed by atoms with Crippen molar-refractivity contribution in [1.82, 2.24) is 5.32 Å². The Morgan fingerprint density at radius 2 is 0.857 bits per heavy atom. The number of hydrogen-bond donors (Lipinski definition) is 6. The van der Waals surface area contributed by atoms with Gasteiger partial charge in [0, 0.05) is 6.42 Å². The van der Waals surface area contributed by atoms with Crippen LogP contribution in [0.15, 0.2) is 122 Å². The summed E-state index contributed by atoms with van der Waals surface area (Å²) in [5.74, 6) is -1.24. The number of carbonyl (C=O) groups is 2. The highest BCUT2D eigenvalue weighted by atomic mass is 16.7. The van der Waals surface area contributed by atoms with Crippen molar-refractivity contribution < 1.29 is 49.3 Å². The number of ether oxygens (including phenoxy) is 3. The molecule has 1 fully saturated rings. The van der Waals surface area contributed by atoms with Crippen LogP contribution in [0.5, 0.6) is 0 Å². The number of esters is 1. The van der Waals surface area contributed by atoms with E-state index in [0.717, 1.165) is 128 Å². The molecular weight excluding hydrogens is 1050 g/mol. The second-order valence-electron chi connectivity index (χ2n) is 22.8. The maximum atomic E-state index is 13.4. The molecule has 0 aromatic heterocycles. The zero-order valence-corrected chi connectivity index (χ0v) is 53.2. The summed E-state index contributed by atoms with van der Waals surface area (Å²) in [6, 6.07) is -1.05. The lowest BCUT2D eigenvalue weighted by atomic mass is 9.99. The van der Waals surface area contributed by atoms with Gasteiger partial charge in [-0.3, -0.25) is 9.59 Å². The summed E-state index contributed by atoms with van der Waals surface area (Å²) >= 11 is 0. The molecule has 0 bridgehead atoms. The van der Waals surface area contributed by atoms with Gasteiger partial charge in [-0.15, -0.1) is 0 Å². The maximum Gasteiger partial charge on any atom is 0.306 e. The Kier molecular flexibility index (Phi) is 55.2. The standard InChI is InChI=1S/C73H123NO10/c1-4-7-10-13-16-19-22-25-27-29-31-32-33-34-35-36-37-39-41-43-46-49-52-55-58-61-68(78)84-71-70(80)69(79)67(62-75)83-73(71)82-63-64(65(76)59-56-53-50-47-44-24-21-18-15-12-9-6-3)74-72(81)66(77)60-57-54-51-48-45-42-40-38-30-28-26-23-20-17-14-11-8-5-2/h7,10,16-17,19-20,25-28,31-32,34-35,38,40,45,48,56,59,64-67,69-71,73,75-77,79-80H,4-6,8-9,11-15,18,21-24,29-30,33,36-37,39,41-44,46-47,49-55,57-58,60-63H2,1-3H3,(H,74,81)/b10-7-,19-16-,20-17-,27-25-,28-26-,32-31-,35-34-,40-38-,48-45-,59-56+. The largest absolute Gasteiger partial charge is 0.454 e. The Labute approximate surface area is 512 Å². The quantitative estimate of drug-likeness (QED) is 0.0195. The van der Waals surface area contributed by atoms with Crippen LogP contribution in [0.3, 0.4) is 0 Å². The minimum absolute atomic E-state index is 0.105. The molecule has 0 radical (unpaired) electrons. The molecular formula is C73H123NO10. The molecule has 1 aliphatic heterocycles. The number of allylic oxidation sites excluding steroid dienone is 19. The smallest absolute Gasteiger partial charge is 0.306 e. The maximum absolute atomic E-state index is 13.4. The van der Waals surface area contributed by atoms with Crippen molar-refractivity contribution in [2.45, 2.75) is 314 Å². The van der Waals surface area contributed by atoms with Crippen molar-refractivity contribution in [3.63, 3.8) is 0 Å². The van der Waals surface area contributed by atoms with E-state index in [2.05, 4.69) is 135 Å². The molecule has 0 aromatic rings. The van der Waals surface area contributed by atoms with Gasteiger partial charge in [-0.1, -0.05) is 264 Å². The average molecular weight is 1170 g/mol. The van der Waals surface area contributed by atoms with Crippen LogP contribution in [0.2, 0.25) is 0 Å². The molecule has 1 aliphatic rings. The van der Waals surface area contributed by atoms with Crippen molar-refractivity contribution in [2.24, 2.45) is 0 Å². The Morgan fingerprint density at radius 3 is 1.31 bits per heavy atom. The first-order chi connectivity index (χ1) is 41.2. The third-order valence-corrected chi connectivity index (χ3v) is 15.1. The molecule has 0 saturated carbocycles. The number of carbonyl (C=O) groups excluding carboxylic acids is 2. The summed E-state index contributed by atoms with van der Waals surface area (Å²) in [7, 11) is 0. The Bertz CT molecular complexity index is 1830. The van der Waals surface area contributed by atoms with Crippen LogP contribution in [0.1, 0.15) is 265 Å². The molecule has 1 saturated heterocycles. The van der Waals surface area contributed by atoms with Gasteiger partial charge in [0.2, 0.25) is 5.91 Å². The minimum Gasteiger partial charge on any atom is -0.454 e. The number of aliphatic hydroxyl groups is 5. The monoisotopic (exact) mass is 1170 g/mol. The van der Waals surface area contributed by atoms with Gasteiger partial charge >= 0.3 is 5.97 Å². The average Bonchev–Trinajstić information content (AvgIpc) is 3.69. The van der Waals surface area contributed by atoms with Crippen LogP contribution >= 0.6 is 0 Å². The molecule has 0 aliphatic carbocycles. The molecule has 480 valence electrons. The third-order valence-electron chi connectivity index (χ3n) is 15.1. The topological polar surface area (TPSA) is 175 Å². The minimum atomic E-state index is -1.63. The predicted molar refractivity (Wildman–Crippen MR) is 351 cm³/mol. The van der Waals surface area contributed by atoms with Gasteiger partial charge in [0.1, 0.15) is 24.4 Å². The Morgan fingerprint density at radius 1 is 0.476 bits per heavy atom. The molecule has 8 atom stereocenters. The Balaban J connectivity index is 2.64. The van der Waals surface area contributed by atoms with Gasteiger partial charge in [0.05, 0.1) is 25.4 Å². The van der Waals surface area contributed by atoms with Crippen molar-refractivity contribution in [2.75, 3.05) is 13.2 Å². The second-order valence-corrected chi connectivity index (χ2v) is 22.8. The fourth-order valence-electron chi connectivity index (χ4n) is 9.78. The van der Waals surface area contributed by atoms with Crippen molar-refractivity contribution in [3.8, 4) is 0 Å². The normalized spacial score (nSPS) is 19.3. The van der Waals surface area contributed by atoms with Gasteiger partial charge in [0.15, 0.2) is 12.4 Å². The Hall–Kier alpha value is -3.94. The van der Waals surface area contributed by atoms with Gasteiger partial charge in [-0.2, -0.15) is 0 Å². The zero-order chi connectivity index (χ0) is 61.0. The van der Waals surface area contributed by atoms with E-state index >= 15 is 0 Å². The molecule has 1 amide bonds. The van der Waals surface area contributed by atoms with Gasteiger partial charge in [0.25, 0.3) is 0 Å². The van der Waals surface area contributed by atoms with Gasteiger partial charge < -0.3 is 45.1 Å². The van der Waals surface area contributed by atoms with E-state index in [9.17, 15) is 35.1 Å². The number of nitrogens with one attached hydrogen (secondary N) is 1. The SMILES string of the molecule is CC/C=C\C/C=C\C/C=C\C/C=C\C/C=C\CCCCCCCCCCCC(=O)OC1C(OCC(NC(=O)C(O)CCCC/C=C\C/C=C\C/C=C\C/C=C\CCCCC)C(O)/C=C/CCCCCCCCCCCC)OC(CO)C(O)C1O. The summed E-state index contributed by atoms with van der Waals surface area (Å²) in [5.41, 5.74) is 0. The summed E-state index contributed by atoms with van der Waals surface area (Å²) < 4.78 is 17.6. The summed E-state index contributed by atoms with van der Waals surface area (Å²) in [6.07, 6.45) is 72.3. The fraction of sp³-hybridized carbons (Fsp3) is 0.699. The lowest BCUT2D eigenvalue weighted by molar-refractivity contribution is -0.305. The molecule has 0 aromatic carbocycles. The van der Waals surface area contributed by atoms with Crippen LogP contribution in [-0.4, -0.2) is 99.6 Å². The highest BCUT2D eigenvalue weighted by molar-refractivity contribution is 5.80. The number of unbranched alkanes of at least 4 members (excludes halogenated alkanes) is 24. The van der Waals surface area contributed by atoms with Crippen molar-refractivity contribution in [1.29, 1.82) is 0 Å². The molecule has 1 rings (SSSR count). The van der Waals surface area contributed by atoms with E-state index in [1.54, 1.807) is 6.08 Å². The fourth-order valence-corrected chi connectivity index (χ4v) is 9.78. The van der Waals surface area contributed by atoms with E-state index in [4.69, 9.17) is 14.2 Å². The van der Waals surface area contributed by atoms with E-state index in [1.165, 1.54) is 89.9 Å². The highest BCUT2D eigenvalue weighted by Gasteiger charge is 2.47. The van der Waals surface area contributed by atoms with Crippen molar-refractivity contribution in [3.05, 3.63) is 122 Å². The second kappa shape index (κ2) is 59.4. The zero-order valence-electron chi connectivity index (χ0n) is 53.2. The first-order valence-electron chi connectivity index (χ1n) is 33.8. The summed E-state index contributed by atoms with van der Waals surface area (Å²) in [4.78, 5) is 26.6. The van der Waals surface area contributed by atoms with Crippen LogP contribution in [0, 0.1) is 0 Å². The summed E-state index contributed by atoms with van der Waals surface area (Å²) in [6.45, 7) is 5.62. The van der Waals surface area contributed by atoms with Crippen LogP contribution in [0.25, 0.3) is 0 Å². The number of rotatable bonds is 56. The lowest BCUT2D eigenvalue weighted by Gasteiger charge is -2.41. The molecule has 11 nitrogen and oxygen atoms in total. The van der Waals surface area contributed by atoms with Gasteiger partial charge in [-0.25, -0.2) is 0 Å². The molecule has 84 heavy (non-hydrogen) atoms. The first-order valence-corrected chi connectivity index (χ1v) is 33.8. The molecule has 0 spiro atoms. The highest BCUT2D eigenvalue weighted by Crippen LogP contribution is 2.26. The molecule has 1 heterocycles. The molecule has 11 heteroatoms. The molecule has 6 N–H and O–H groups in total. The van der Waals surface area contributed by atoms with Gasteiger partial charge in [-0.05, 0) is 116 Å². The van der Waals surface area contributed by atoms with E-state index in [0.29, 0.717) is 12.8 Å². The van der Waals surface area contributed by atoms with Crippen LogP contribution in [0.4, 0.5) is 0 Å². The number of amides is 1. The van der Waals surface area contributed by atoms with Crippen LogP contribution in [-0.2, 0) is 23.8 Å². The third kappa shape index (κ3) is 46.3.